The van der Waals surface area contributed by atoms with Gasteiger partial charge in [0.1, 0.15) is 11.6 Å². The SMILES string of the molecule is C[C@@H]1[C@@H](C)S(=O)(=O)CCN1C(=O)c1cc(F)cc(F)c1. The van der Waals surface area contributed by atoms with Crippen molar-refractivity contribution < 1.29 is 22.0 Å². The Morgan fingerprint density at radius 3 is 2.30 bits per heavy atom. The number of amides is 1. The third kappa shape index (κ3) is 2.67. The van der Waals surface area contributed by atoms with Gasteiger partial charge in [0.15, 0.2) is 9.84 Å². The van der Waals surface area contributed by atoms with Crippen molar-refractivity contribution in [2.24, 2.45) is 0 Å². The van der Waals surface area contributed by atoms with Gasteiger partial charge in [0.2, 0.25) is 0 Å². The van der Waals surface area contributed by atoms with Crippen LogP contribution in [0.3, 0.4) is 0 Å². The van der Waals surface area contributed by atoms with Crippen LogP contribution >= 0.6 is 0 Å². The average molecular weight is 303 g/mol. The fourth-order valence-electron chi connectivity index (χ4n) is 2.30. The summed E-state index contributed by atoms with van der Waals surface area (Å²) in [7, 11) is -3.22. The predicted octanol–water partition coefficient (Wildman–Crippen LogP) is 1.61. The molecule has 1 heterocycles. The van der Waals surface area contributed by atoms with Crippen LogP contribution in [0, 0.1) is 11.6 Å². The quantitative estimate of drug-likeness (QED) is 0.792. The maximum atomic E-state index is 13.1. The van der Waals surface area contributed by atoms with Gasteiger partial charge in [-0.3, -0.25) is 4.79 Å². The first-order chi connectivity index (χ1) is 9.22. The lowest BCUT2D eigenvalue weighted by Gasteiger charge is -2.37. The van der Waals surface area contributed by atoms with E-state index in [1.165, 1.54) is 11.8 Å². The molecule has 2 rings (SSSR count). The van der Waals surface area contributed by atoms with Gasteiger partial charge in [0, 0.05) is 24.2 Å². The van der Waals surface area contributed by atoms with Crippen LogP contribution in [0.4, 0.5) is 8.78 Å². The number of rotatable bonds is 1. The molecule has 1 fully saturated rings. The smallest absolute Gasteiger partial charge is 0.254 e. The third-order valence-electron chi connectivity index (χ3n) is 3.72. The molecule has 1 amide bonds. The summed E-state index contributed by atoms with van der Waals surface area (Å²) in [5.41, 5.74) is -0.110. The lowest BCUT2D eigenvalue weighted by atomic mass is 10.1. The van der Waals surface area contributed by atoms with E-state index in [9.17, 15) is 22.0 Å². The van der Waals surface area contributed by atoms with Crippen molar-refractivity contribution in [3.8, 4) is 0 Å². The van der Waals surface area contributed by atoms with E-state index >= 15 is 0 Å². The van der Waals surface area contributed by atoms with Crippen molar-refractivity contribution in [3.63, 3.8) is 0 Å². The summed E-state index contributed by atoms with van der Waals surface area (Å²) < 4.78 is 49.8. The Morgan fingerprint density at radius 1 is 1.20 bits per heavy atom. The minimum absolute atomic E-state index is 0.0325. The summed E-state index contributed by atoms with van der Waals surface area (Å²) >= 11 is 0. The van der Waals surface area contributed by atoms with Crippen LogP contribution in [0.1, 0.15) is 24.2 Å². The van der Waals surface area contributed by atoms with Crippen molar-refractivity contribution in [3.05, 3.63) is 35.4 Å². The van der Waals surface area contributed by atoms with Gasteiger partial charge in [-0.15, -0.1) is 0 Å². The van der Waals surface area contributed by atoms with Gasteiger partial charge in [0.05, 0.1) is 11.0 Å². The van der Waals surface area contributed by atoms with E-state index in [1.54, 1.807) is 6.92 Å². The molecular weight excluding hydrogens is 288 g/mol. The molecule has 110 valence electrons. The van der Waals surface area contributed by atoms with Crippen LogP contribution < -0.4 is 0 Å². The largest absolute Gasteiger partial charge is 0.334 e. The zero-order valence-corrected chi connectivity index (χ0v) is 12.0. The van der Waals surface area contributed by atoms with Crippen LogP contribution in [0.2, 0.25) is 0 Å². The second kappa shape index (κ2) is 5.12. The van der Waals surface area contributed by atoms with Gasteiger partial charge in [-0.25, -0.2) is 17.2 Å². The van der Waals surface area contributed by atoms with E-state index in [1.807, 2.05) is 0 Å². The predicted molar refractivity (Wildman–Crippen MR) is 70.1 cm³/mol. The Morgan fingerprint density at radius 2 is 1.75 bits per heavy atom. The Bertz CT molecular complexity index is 625. The molecule has 1 aliphatic heterocycles. The molecule has 4 nitrogen and oxygen atoms in total. The molecule has 1 aromatic carbocycles. The summed E-state index contributed by atoms with van der Waals surface area (Å²) in [5, 5.41) is -0.696. The molecule has 20 heavy (non-hydrogen) atoms. The molecule has 0 aliphatic carbocycles. The zero-order chi connectivity index (χ0) is 15.1. The molecule has 2 atom stereocenters. The Hall–Kier alpha value is -1.50. The number of benzene rings is 1. The lowest BCUT2D eigenvalue weighted by Crippen LogP contribution is -2.54. The third-order valence-corrected chi connectivity index (χ3v) is 6.00. The standard InChI is InChI=1S/C13H15F2NO3S/c1-8-9(2)20(18,19)4-3-16(8)13(17)10-5-11(14)7-12(15)6-10/h5-9H,3-4H2,1-2H3/t8-,9-/m1/s1. The molecular formula is C13H15F2NO3S. The van der Waals surface area contributed by atoms with E-state index in [4.69, 9.17) is 0 Å². The molecule has 0 unspecified atom stereocenters. The van der Waals surface area contributed by atoms with Crippen LogP contribution in [0.25, 0.3) is 0 Å². The van der Waals surface area contributed by atoms with Crippen molar-refractivity contribution in [2.45, 2.75) is 25.1 Å². The van der Waals surface area contributed by atoms with Crippen LogP contribution in [-0.4, -0.2) is 42.8 Å². The average Bonchev–Trinajstić information content (AvgIpc) is 2.34. The normalized spacial score (nSPS) is 25.5. The first kappa shape index (κ1) is 14.9. The molecule has 0 radical (unpaired) electrons. The van der Waals surface area contributed by atoms with Gasteiger partial charge in [-0.2, -0.15) is 0 Å². The minimum Gasteiger partial charge on any atom is -0.334 e. The van der Waals surface area contributed by atoms with Gasteiger partial charge in [0.25, 0.3) is 5.91 Å². The molecule has 0 bridgehead atoms. The summed E-state index contributed by atoms with van der Waals surface area (Å²) in [4.78, 5) is 13.6. The van der Waals surface area contributed by atoms with E-state index in [0.29, 0.717) is 6.07 Å². The first-order valence-electron chi connectivity index (χ1n) is 6.21. The highest BCUT2D eigenvalue weighted by Crippen LogP contribution is 2.22. The summed E-state index contributed by atoms with van der Waals surface area (Å²) in [6.07, 6.45) is 0. The first-order valence-corrected chi connectivity index (χ1v) is 7.92. The Labute approximate surface area is 116 Å². The topological polar surface area (TPSA) is 54.5 Å². The monoisotopic (exact) mass is 303 g/mol. The van der Waals surface area contributed by atoms with Crippen molar-refractivity contribution in [2.75, 3.05) is 12.3 Å². The number of hydrogen-bond acceptors (Lipinski definition) is 3. The zero-order valence-electron chi connectivity index (χ0n) is 11.1. The van der Waals surface area contributed by atoms with Crippen LogP contribution in [0.5, 0.6) is 0 Å². The van der Waals surface area contributed by atoms with Gasteiger partial charge >= 0.3 is 0 Å². The summed E-state index contributed by atoms with van der Waals surface area (Å²) in [5.74, 6) is -2.36. The number of hydrogen-bond donors (Lipinski definition) is 0. The highest BCUT2D eigenvalue weighted by molar-refractivity contribution is 7.92. The van der Waals surface area contributed by atoms with Crippen molar-refractivity contribution >= 4 is 15.7 Å². The number of carbonyl (C=O) groups excluding carboxylic acids is 1. The number of carbonyl (C=O) groups is 1. The molecule has 7 heteroatoms. The molecule has 0 saturated carbocycles. The van der Waals surface area contributed by atoms with E-state index in [2.05, 4.69) is 0 Å². The fraction of sp³-hybridized carbons (Fsp3) is 0.462. The number of halogens is 2. The van der Waals surface area contributed by atoms with Gasteiger partial charge in [-0.1, -0.05) is 0 Å². The van der Waals surface area contributed by atoms with Gasteiger partial charge in [-0.05, 0) is 26.0 Å². The van der Waals surface area contributed by atoms with Crippen LogP contribution in [-0.2, 0) is 9.84 Å². The van der Waals surface area contributed by atoms with Crippen molar-refractivity contribution in [1.82, 2.24) is 4.90 Å². The highest BCUT2D eigenvalue weighted by Gasteiger charge is 2.38. The Balaban J connectivity index is 2.30. The highest BCUT2D eigenvalue weighted by atomic mass is 32.2. The number of nitrogens with zero attached hydrogens (tertiary/aromatic N) is 1. The fourth-order valence-corrected chi connectivity index (χ4v) is 3.87. The maximum Gasteiger partial charge on any atom is 0.254 e. The molecule has 0 aromatic heterocycles. The maximum absolute atomic E-state index is 13.1. The minimum atomic E-state index is -3.22. The van der Waals surface area contributed by atoms with E-state index < -0.39 is 38.7 Å². The molecule has 1 aliphatic rings. The second-order valence-corrected chi connectivity index (χ2v) is 7.45. The molecule has 1 saturated heterocycles. The van der Waals surface area contributed by atoms with E-state index in [0.717, 1.165) is 12.1 Å². The van der Waals surface area contributed by atoms with E-state index in [-0.39, 0.29) is 17.9 Å². The Kier molecular flexibility index (Phi) is 3.82. The molecule has 0 spiro atoms. The molecule has 1 aromatic rings. The number of sulfone groups is 1. The van der Waals surface area contributed by atoms with Crippen molar-refractivity contribution in [1.29, 1.82) is 0 Å². The summed E-state index contributed by atoms with van der Waals surface area (Å²) in [6, 6.07) is 2.05. The summed E-state index contributed by atoms with van der Waals surface area (Å²) in [6.45, 7) is 3.19. The van der Waals surface area contributed by atoms with Crippen LogP contribution in [0.15, 0.2) is 18.2 Å². The van der Waals surface area contributed by atoms with Gasteiger partial charge < -0.3 is 4.90 Å². The molecule has 0 N–H and O–H groups in total. The second-order valence-electron chi connectivity index (χ2n) is 4.97. The lowest BCUT2D eigenvalue weighted by molar-refractivity contribution is 0.0692.